The molecule has 1 unspecified atom stereocenters. The fourth-order valence-electron chi connectivity index (χ4n) is 1.69. The highest BCUT2D eigenvalue weighted by Crippen LogP contribution is 2.10. The van der Waals surface area contributed by atoms with Gasteiger partial charge in [0.25, 0.3) is 0 Å². The molecular weight excluding hydrogens is 263 g/mol. The van der Waals surface area contributed by atoms with Crippen LogP contribution in [0.5, 0.6) is 0 Å². The van der Waals surface area contributed by atoms with Crippen molar-refractivity contribution in [2.24, 2.45) is 0 Å². The quantitative estimate of drug-likeness (QED) is 0.829. The third-order valence-electron chi connectivity index (χ3n) is 3.10. The summed E-state index contributed by atoms with van der Waals surface area (Å²) in [6, 6.07) is 3.53. The molecule has 0 fully saturated rings. The maximum atomic E-state index is 13.5. The van der Waals surface area contributed by atoms with Crippen LogP contribution in [0.4, 0.5) is 4.39 Å². The number of halogens is 1. The molecule has 0 radical (unpaired) electrons. The van der Waals surface area contributed by atoms with Gasteiger partial charge in [-0.05, 0) is 31.5 Å². The molecule has 2 N–H and O–H groups in total. The van der Waals surface area contributed by atoms with Gasteiger partial charge in [-0.25, -0.2) is 9.18 Å². The summed E-state index contributed by atoms with van der Waals surface area (Å²) >= 11 is 0. The van der Waals surface area contributed by atoms with Crippen molar-refractivity contribution in [3.8, 4) is 0 Å². The summed E-state index contributed by atoms with van der Waals surface area (Å²) in [6.45, 7) is 4.52. The van der Waals surface area contributed by atoms with Crippen LogP contribution in [-0.4, -0.2) is 41.5 Å². The van der Waals surface area contributed by atoms with E-state index in [-0.39, 0.29) is 17.5 Å². The number of amides is 1. The van der Waals surface area contributed by atoms with Crippen LogP contribution in [0.15, 0.2) is 18.2 Å². The first-order valence-electron chi connectivity index (χ1n) is 6.36. The molecule has 0 saturated heterocycles. The number of nitrogens with zero attached hydrogens (tertiary/aromatic N) is 1. The van der Waals surface area contributed by atoms with Crippen molar-refractivity contribution in [2.75, 3.05) is 13.6 Å². The van der Waals surface area contributed by atoms with Gasteiger partial charge in [0, 0.05) is 20.1 Å². The number of carboxylic acid groups (broad SMARTS) is 1. The molecule has 0 saturated carbocycles. The molecule has 0 aromatic heterocycles. The minimum absolute atomic E-state index is 0.0462. The molecule has 0 aliphatic rings. The zero-order valence-corrected chi connectivity index (χ0v) is 11.8. The van der Waals surface area contributed by atoms with Gasteiger partial charge in [-0.3, -0.25) is 4.79 Å². The van der Waals surface area contributed by atoms with Crippen molar-refractivity contribution in [3.63, 3.8) is 0 Å². The van der Waals surface area contributed by atoms with E-state index in [9.17, 15) is 14.0 Å². The standard InChI is InChI=1S/C14H19FN2O3/c1-4-17(3)13(18)9(2)16-8-10-5-6-11(14(19)20)12(15)7-10/h5-7,9,16H,4,8H2,1-3H3,(H,19,20). The highest BCUT2D eigenvalue weighted by Gasteiger charge is 2.16. The summed E-state index contributed by atoms with van der Waals surface area (Å²) in [6.07, 6.45) is 0. The van der Waals surface area contributed by atoms with Gasteiger partial charge in [-0.1, -0.05) is 6.07 Å². The largest absolute Gasteiger partial charge is 0.478 e. The third kappa shape index (κ3) is 4.03. The maximum Gasteiger partial charge on any atom is 0.338 e. The predicted molar refractivity (Wildman–Crippen MR) is 73.0 cm³/mol. The maximum absolute atomic E-state index is 13.5. The lowest BCUT2D eigenvalue weighted by Crippen LogP contribution is -2.42. The number of nitrogens with one attached hydrogen (secondary N) is 1. The van der Waals surface area contributed by atoms with E-state index < -0.39 is 11.8 Å². The fourth-order valence-corrected chi connectivity index (χ4v) is 1.69. The van der Waals surface area contributed by atoms with Gasteiger partial charge in [0.05, 0.1) is 11.6 Å². The van der Waals surface area contributed by atoms with Gasteiger partial charge >= 0.3 is 5.97 Å². The number of hydrogen-bond acceptors (Lipinski definition) is 3. The van der Waals surface area contributed by atoms with Crippen LogP contribution in [0.3, 0.4) is 0 Å². The monoisotopic (exact) mass is 282 g/mol. The van der Waals surface area contributed by atoms with Crippen LogP contribution in [-0.2, 0) is 11.3 Å². The fraction of sp³-hybridized carbons (Fsp3) is 0.429. The van der Waals surface area contributed by atoms with Crippen LogP contribution < -0.4 is 5.32 Å². The summed E-state index contributed by atoms with van der Waals surface area (Å²) in [5, 5.41) is 11.7. The van der Waals surface area contributed by atoms with Crippen molar-refractivity contribution >= 4 is 11.9 Å². The molecule has 1 rings (SSSR count). The number of carboxylic acids is 1. The second-order valence-corrected chi connectivity index (χ2v) is 4.57. The van der Waals surface area contributed by atoms with E-state index in [1.807, 2.05) is 6.92 Å². The molecule has 20 heavy (non-hydrogen) atoms. The number of likely N-dealkylation sites (N-methyl/N-ethyl adjacent to an activating group) is 1. The zero-order chi connectivity index (χ0) is 15.3. The van der Waals surface area contributed by atoms with Crippen LogP contribution in [0.2, 0.25) is 0 Å². The minimum atomic E-state index is -1.30. The Labute approximate surface area is 117 Å². The van der Waals surface area contributed by atoms with Crippen LogP contribution >= 0.6 is 0 Å². The molecule has 0 heterocycles. The summed E-state index contributed by atoms with van der Waals surface area (Å²) in [4.78, 5) is 24.1. The van der Waals surface area contributed by atoms with Crippen molar-refractivity contribution in [2.45, 2.75) is 26.4 Å². The molecule has 110 valence electrons. The van der Waals surface area contributed by atoms with Gasteiger partial charge in [0.1, 0.15) is 5.82 Å². The first kappa shape index (κ1) is 16.1. The normalized spacial score (nSPS) is 12.0. The summed E-state index contributed by atoms with van der Waals surface area (Å²) in [5.41, 5.74) is 0.231. The Morgan fingerprint density at radius 2 is 2.10 bits per heavy atom. The molecule has 0 aliphatic heterocycles. The summed E-state index contributed by atoms with van der Waals surface area (Å²) < 4.78 is 13.5. The second-order valence-electron chi connectivity index (χ2n) is 4.57. The molecule has 1 atom stereocenters. The highest BCUT2D eigenvalue weighted by atomic mass is 19.1. The SMILES string of the molecule is CCN(C)C(=O)C(C)NCc1ccc(C(=O)O)c(F)c1. The van der Waals surface area contributed by atoms with E-state index in [1.54, 1.807) is 18.9 Å². The molecule has 0 spiro atoms. The molecule has 0 bridgehead atoms. The highest BCUT2D eigenvalue weighted by molar-refractivity contribution is 5.87. The molecule has 1 amide bonds. The molecular formula is C14H19FN2O3. The number of carbonyl (C=O) groups excluding carboxylic acids is 1. The van der Waals surface area contributed by atoms with Crippen LogP contribution in [0.1, 0.15) is 29.8 Å². The van der Waals surface area contributed by atoms with E-state index in [1.165, 1.54) is 12.1 Å². The Morgan fingerprint density at radius 1 is 1.45 bits per heavy atom. The van der Waals surface area contributed by atoms with E-state index in [0.29, 0.717) is 18.7 Å². The van der Waals surface area contributed by atoms with Crippen molar-refractivity contribution in [1.29, 1.82) is 0 Å². The van der Waals surface area contributed by atoms with E-state index in [2.05, 4.69) is 5.32 Å². The van der Waals surface area contributed by atoms with Crippen LogP contribution in [0, 0.1) is 5.82 Å². The molecule has 6 heteroatoms. The van der Waals surface area contributed by atoms with E-state index >= 15 is 0 Å². The number of benzene rings is 1. The number of carbonyl (C=O) groups is 2. The molecule has 0 aliphatic carbocycles. The van der Waals surface area contributed by atoms with Gasteiger partial charge in [0.2, 0.25) is 5.91 Å². The van der Waals surface area contributed by atoms with Crippen molar-refractivity contribution in [1.82, 2.24) is 10.2 Å². The predicted octanol–water partition coefficient (Wildman–Crippen LogP) is 1.48. The Morgan fingerprint density at radius 3 is 2.60 bits per heavy atom. The van der Waals surface area contributed by atoms with Crippen LogP contribution in [0.25, 0.3) is 0 Å². The van der Waals surface area contributed by atoms with Gasteiger partial charge in [-0.2, -0.15) is 0 Å². The van der Waals surface area contributed by atoms with Gasteiger partial charge < -0.3 is 15.3 Å². The molecule has 5 nitrogen and oxygen atoms in total. The summed E-state index contributed by atoms with van der Waals surface area (Å²) in [7, 11) is 1.71. The van der Waals surface area contributed by atoms with Crippen molar-refractivity contribution in [3.05, 3.63) is 35.1 Å². The number of hydrogen-bond donors (Lipinski definition) is 2. The lowest BCUT2D eigenvalue weighted by molar-refractivity contribution is -0.131. The minimum Gasteiger partial charge on any atom is -0.478 e. The Kier molecular flexibility index (Phi) is 5.64. The second kappa shape index (κ2) is 7.00. The average molecular weight is 282 g/mol. The lowest BCUT2D eigenvalue weighted by atomic mass is 10.1. The molecule has 1 aromatic rings. The Hall–Kier alpha value is -1.95. The zero-order valence-electron chi connectivity index (χ0n) is 11.8. The third-order valence-corrected chi connectivity index (χ3v) is 3.10. The number of aromatic carboxylic acids is 1. The average Bonchev–Trinajstić information content (AvgIpc) is 2.42. The number of rotatable bonds is 6. The topological polar surface area (TPSA) is 69.6 Å². The van der Waals surface area contributed by atoms with Crippen molar-refractivity contribution < 1.29 is 19.1 Å². The lowest BCUT2D eigenvalue weighted by Gasteiger charge is -2.20. The van der Waals surface area contributed by atoms with E-state index in [0.717, 1.165) is 6.07 Å². The Balaban J connectivity index is 2.64. The first-order valence-corrected chi connectivity index (χ1v) is 6.36. The summed E-state index contributed by atoms with van der Waals surface area (Å²) in [5.74, 6) is -2.12. The Bertz CT molecular complexity index is 505. The van der Waals surface area contributed by atoms with E-state index in [4.69, 9.17) is 5.11 Å². The molecule has 1 aromatic carbocycles. The van der Waals surface area contributed by atoms with Gasteiger partial charge in [-0.15, -0.1) is 0 Å². The smallest absolute Gasteiger partial charge is 0.338 e. The van der Waals surface area contributed by atoms with Gasteiger partial charge in [0.15, 0.2) is 0 Å². The first-order chi connectivity index (χ1) is 9.36.